The molecule has 0 saturated heterocycles. The molecule has 4 rings (SSSR count). The molecule has 0 spiro atoms. The van der Waals surface area contributed by atoms with E-state index in [1.165, 1.54) is 59.9 Å². The van der Waals surface area contributed by atoms with Crippen molar-refractivity contribution in [1.29, 1.82) is 0 Å². The second-order valence-electron chi connectivity index (χ2n) is 7.77. The Hall–Kier alpha value is -3.28. The second-order valence-corrected chi connectivity index (χ2v) is 12.3. The molecule has 0 bridgehead atoms. The topological polar surface area (TPSA) is 152 Å². The van der Waals surface area contributed by atoms with Gasteiger partial charge in [-0.25, -0.2) is 13.4 Å². The molecule has 0 saturated carbocycles. The summed E-state index contributed by atoms with van der Waals surface area (Å²) in [6.45, 7) is 0. The number of ether oxygens (including phenoxy) is 2. The molecule has 1 aliphatic carbocycles. The van der Waals surface area contributed by atoms with E-state index in [1.54, 1.807) is 17.7 Å². The fourth-order valence-electron chi connectivity index (χ4n) is 3.28. The minimum atomic E-state index is -4.49. The van der Waals surface area contributed by atoms with Gasteiger partial charge in [0, 0.05) is 40.8 Å². The summed E-state index contributed by atoms with van der Waals surface area (Å²) in [6, 6.07) is 9.93. The van der Waals surface area contributed by atoms with Crippen molar-refractivity contribution >= 4 is 45.1 Å². The Labute approximate surface area is 211 Å². The first kappa shape index (κ1) is 25.8. The van der Waals surface area contributed by atoms with Gasteiger partial charge in [0.15, 0.2) is 15.0 Å². The van der Waals surface area contributed by atoms with Crippen LogP contribution in [0.2, 0.25) is 0 Å². The number of amides is 1. The number of sulfone groups is 1. The third kappa shape index (κ3) is 6.68. The summed E-state index contributed by atoms with van der Waals surface area (Å²) in [7, 11) is -7.78. The van der Waals surface area contributed by atoms with Crippen LogP contribution in [0.15, 0.2) is 76.9 Å². The van der Waals surface area contributed by atoms with Crippen LogP contribution in [0.1, 0.15) is 23.2 Å². The van der Waals surface area contributed by atoms with Crippen molar-refractivity contribution in [3.05, 3.63) is 82.4 Å². The van der Waals surface area contributed by atoms with Crippen LogP contribution < -0.4 is 20.1 Å². The number of benzene rings is 2. The van der Waals surface area contributed by atoms with E-state index in [4.69, 9.17) is 9.47 Å². The summed E-state index contributed by atoms with van der Waals surface area (Å²) in [5.74, 6) is 0.612. The molecule has 0 fully saturated rings. The maximum absolute atomic E-state index is 12.9. The van der Waals surface area contributed by atoms with Gasteiger partial charge in [0.2, 0.25) is 0 Å². The van der Waals surface area contributed by atoms with Crippen molar-refractivity contribution in [2.75, 3.05) is 11.6 Å². The average molecular weight is 549 g/mol. The summed E-state index contributed by atoms with van der Waals surface area (Å²) in [5.41, 5.74) is 0.188. The number of thiazole rings is 1. The number of rotatable bonds is 8. The monoisotopic (exact) mass is 548 g/mol. The Morgan fingerprint density at radius 3 is 2.42 bits per heavy atom. The van der Waals surface area contributed by atoms with Crippen molar-refractivity contribution in [1.82, 2.24) is 4.98 Å². The van der Waals surface area contributed by atoms with Crippen molar-refractivity contribution in [2.45, 2.75) is 12.8 Å². The first-order chi connectivity index (χ1) is 17.0. The predicted molar refractivity (Wildman–Crippen MR) is 136 cm³/mol. The van der Waals surface area contributed by atoms with Crippen LogP contribution in [0.3, 0.4) is 0 Å². The molecule has 1 heterocycles. The van der Waals surface area contributed by atoms with E-state index in [9.17, 15) is 27.6 Å². The SMILES string of the molecule is CS(=O)(=O)C1=CC=C(Oc2cc(Oc3cccc(P(=O)(O)O)c3)cc(C(=O)Nc3nccs3)c2)CC1. The van der Waals surface area contributed by atoms with Gasteiger partial charge in [-0.05, 0) is 48.9 Å². The summed E-state index contributed by atoms with van der Waals surface area (Å²) >= 11 is 1.25. The molecule has 1 aliphatic rings. The Morgan fingerprint density at radius 1 is 1.06 bits per heavy atom. The molecular weight excluding hydrogens is 527 g/mol. The zero-order chi connectivity index (χ0) is 25.9. The number of hydrogen-bond donors (Lipinski definition) is 3. The highest BCUT2D eigenvalue weighted by molar-refractivity contribution is 7.94. The quantitative estimate of drug-likeness (QED) is 0.355. The molecule has 1 aromatic heterocycles. The van der Waals surface area contributed by atoms with E-state index < -0.39 is 23.3 Å². The van der Waals surface area contributed by atoms with Gasteiger partial charge in [0.25, 0.3) is 5.91 Å². The lowest BCUT2D eigenvalue weighted by Crippen LogP contribution is -2.12. The number of aromatic nitrogens is 1. The molecule has 10 nitrogen and oxygen atoms in total. The van der Waals surface area contributed by atoms with Gasteiger partial charge in [-0.15, -0.1) is 11.3 Å². The Balaban J connectivity index is 1.65. The zero-order valence-corrected chi connectivity index (χ0v) is 21.3. The highest BCUT2D eigenvalue weighted by atomic mass is 32.2. The van der Waals surface area contributed by atoms with Gasteiger partial charge in [0.1, 0.15) is 23.0 Å². The molecule has 0 radical (unpaired) electrons. The Kier molecular flexibility index (Phi) is 7.43. The van der Waals surface area contributed by atoms with Crippen LogP contribution in [0.5, 0.6) is 17.2 Å². The molecular formula is C23H21N2O8PS2. The van der Waals surface area contributed by atoms with Gasteiger partial charge in [-0.1, -0.05) is 6.07 Å². The third-order valence-electron chi connectivity index (χ3n) is 4.98. The number of nitrogens with zero attached hydrogens (tertiary/aromatic N) is 1. The minimum absolute atomic E-state index is 0.150. The lowest BCUT2D eigenvalue weighted by Gasteiger charge is -2.16. The molecule has 0 aliphatic heterocycles. The van der Waals surface area contributed by atoms with Gasteiger partial charge in [0.05, 0.1) is 5.30 Å². The van der Waals surface area contributed by atoms with Crippen molar-refractivity contribution in [2.24, 2.45) is 0 Å². The fourth-order valence-corrected chi connectivity index (χ4v) is 5.17. The molecule has 2 aromatic carbocycles. The van der Waals surface area contributed by atoms with E-state index in [-0.39, 0.29) is 34.5 Å². The largest absolute Gasteiger partial charge is 0.462 e. The second kappa shape index (κ2) is 10.4. The van der Waals surface area contributed by atoms with E-state index in [0.29, 0.717) is 22.2 Å². The summed E-state index contributed by atoms with van der Waals surface area (Å²) in [4.78, 5) is 36.1. The lowest BCUT2D eigenvalue weighted by atomic mass is 10.1. The number of anilines is 1. The van der Waals surface area contributed by atoms with Gasteiger partial charge in [-0.2, -0.15) is 0 Å². The van der Waals surface area contributed by atoms with Crippen LogP contribution in [-0.4, -0.2) is 35.4 Å². The molecule has 188 valence electrons. The van der Waals surface area contributed by atoms with Crippen LogP contribution >= 0.6 is 18.9 Å². The normalized spacial score (nSPS) is 14.0. The molecule has 3 aromatic rings. The van der Waals surface area contributed by atoms with Crippen molar-refractivity contribution in [3.63, 3.8) is 0 Å². The van der Waals surface area contributed by atoms with Crippen molar-refractivity contribution in [3.8, 4) is 17.2 Å². The fraction of sp³-hybridized carbons (Fsp3) is 0.130. The van der Waals surface area contributed by atoms with Gasteiger partial charge in [-0.3, -0.25) is 14.7 Å². The molecule has 1 amide bonds. The molecule has 0 unspecified atom stereocenters. The molecule has 3 N–H and O–H groups in total. The number of allylic oxidation sites excluding steroid dienone is 4. The number of carbonyl (C=O) groups is 1. The number of carbonyl (C=O) groups excluding carboxylic acids is 1. The smallest absolute Gasteiger partial charge is 0.356 e. The summed E-state index contributed by atoms with van der Waals surface area (Å²) in [5, 5.41) is 4.58. The average Bonchev–Trinajstić information content (AvgIpc) is 3.31. The Bertz CT molecular complexity index is 1510. The highest BCUT2D eigenvalue weighted by Crippen LogP contribution is 2.36. The lowest BCUT2D eigenvalue weighted by molar-refractivity contribution is 0.102. The van der Waals surface area contributed by atoms with E-state index in [2.05, 4.69) is 10.3 Å². The molecule has 0 atom stereocenters. The first-order valence-electron chi connectivity index (χ1n) is 10.4. The first-order valence-corrected chi connectivity index (χ1v) is 14.8. The number of nitrogens with one attached hydrogen (secondary N) is 1. The summed E-state index contributed by atoms with van der Waals surface area (Å²) in [6.07, 6.45) is 6.37. The van der Waals surface area contributed by atoms with E-state index >= 15 is 0 Å². The maximum Gasteiger partial charge on any atom is 0.356 e. The third-order valence-corrected chi connectivity index (χ3v) is 7.91. The van der Waals surface area contributed by atoms with Gasteiger partial charge >= 0.3 is 7.60 Å². The van der Waals surface area contributed by atoms with Crippen LogP contribution in [-0.2, 0) is 14.4 Å². The maximum atomic E-state index is 12.9. The Morgan fingerprint density at radius 2 is 1.81 bits per heavy atom. The predicted octanol–water partition coefficient (Wildman–Crippen LogP) is 3.98. The van der Waals surface area contributed by atoms with Crippen LogP contribution in [0, 0.1) is 0 Å². The highest BCUT2D eigenvalue weighted by Gasteiger charge is 2.19. The summed E-state index contributed by atoms with van der Waals surface area (Å²) < 4.78 is 46.8. The van der Waals surface area contributed by atoms with Crippen LogP contribution in [0.25, 0.3) is 0 Å². The van der Waals surface area contributed by atoms with Crippen LogP contribution in [0.4, 0.5) is 5.13 Å². The molecule has 13 heteroatoms. The zero-order valence-electron chi connectivity index (χ0n) is 18.8. The molecule has 36 heavy (non-hydrogen) atoms. The van der Waals surface area contributed by atoms with E-state index in [0.717, 1.165) is 6.26 Å². The standard InChI is InChI=1S/C23H21N2O8PS2/c1-36(30,31)21-7-5-16(6-8-21)32-18-11-15(22(26)25-23-24-9-10-35-23)12-19(13-18)33-17-3-2-4-20(14-17)34(27,28)29/h2-5,7,9-14H,6,8H2,1H3,(H,24,25,26)(H2,27,28,29). The minimum Gasteiger partial charge on any atom is -0.462 e. The van der Waals surface area contributed by atoms with Gasteiger partial charge < -0.3 is 19.3 Å². The van der Waals surface area contributed by atoms with Crippen molar-refractivity contribution < 1.29 is 37.0 Å². The van der Waals surface area contributed by atoms with E-state index in [1.807, 2.05) is 0 Å². The number of hydrogen-bond acceptors (Lipinski definition) is 8.